The molecular formula is C18H25N5O2. The van der Waals surface area contributed by atoms with Crippen molar-refractivity contribution >= 4 is 11.7 Å². The molecule has 3 N–H and O–H groups in total. The van der Waals surface area contributed by atoms with E-state index in [2.05, 4.69) is 27.1 Å². The van der Waals surface area contributed by atoms with Crippen LogP contribution >= 0.6 is 0 Å². The molecule has 7 heteroatoms. The largest absolute Gasteiger partial charge is 0.484 e. The van der Waals surface area contributed by atoms with Crippen LogP contribution in [0.15, 0.2) is 30.3 Å². The summed E-state index contributed by atoms with van der Waals surface area (Å²) in [4.78, 5) is 11.2. The van der Waals surface area contributed by atoms with Crippen molar-refractivity contribution in [2.24, 2.45) is 5.92 Å². The van der Waals surface area contributed by atoms with Crippen LogP contribution in [0.25, 0.3) is 0 Å². The van der Waals surface area contributed by atoms with Crippen molar-refractivity contribution in [3.63, 3.8) is 0 Å². The molecule has 0 unspecified atom stereocenters. The predicted octanol–water partition coefficient (Wildman–Crippen LogP) is 1.15. The number of benzene rings is 1. The van der Waals surface area contributed by atoms with Crippen LogP contribution in [-0.2, 0) is 17.9 Å². The average Bonchev–Trinajstić information content (AvgIpc) is 2.99. The van der Waals surface area contributed by atoms with Crippen LogP contribution in [0.4, 0.5) is 5.82 Å². The third-order valence-electron chi connectivity index (χ3n) is 4.21. The molecule has 25 heavy (non-hydrogen) atoms. The first-order valence-corrected chi connectivity index (χ1v) is 8.55. The van der Waals surface area contributed by atoms with Crippen LogP contribution in [0.1, 0.15) is 11.3 Å². The quantitative estimate of drug-likeness (QED) is 0.703. The summed E-state index contributed by atoms with van der Waals surface area (Å²) in [5.74, 6) is 2.18. The molecule has 7 nitrogen and oxygen atoms in total. The fraction of sp³-hybridized carbons (Fsp3) is 0.444. The second-order valence-corrected chi connectivity index (χ2v) is 6.34. The van der Waals surface area contributed by atoms with Crippen molar-refractivity contribution in [1.29, 1.82) is 0 Å². The summed E-state index contributed by atoms with van der Waals surface area (Å²) in [7, 11) is 1.60. The van der Waals surface area contributed by atoms with Gasteiger partial charge < -0.3 is 20.7 Å². The Morgan fingerprint density at radius 1 is 1.44 bits per heavy atom. The van der Waals surface area contributed by atoms with E-state index in [4.69, 9.17) is 4.74 Å². The van der Waals surface area contributed by atoms with Gasteiger partial charge in [-0.25, -0.2) is 4.68 Å². The van der Waals surface area contributed by atoms with E-state index in [1.807, 2.05) is 35.9 Å². The molecule has 2 heterocycles. The van der Waals surface area contributed by atoms with Crippen molar-refractivity contribution in [3.05, 3.63) is 41.6 Å². The summed E-state index contributed by atoms with van der Waals surface area (Å²) in [5.41, 5.74) is 2.18. The number of amides is 1. The van der Waals surface area contributed by atoms with E-state index in [-0.39, 0.29) is 12.5 Å². The average molecular weight is 343 g/mol. The monoisotopic (exact) mass is 343 g/mol. The number of nitrogens with one attached hydrogen (secondary N) is 3. The number of ether oxygens (including phenoxy) is 1. The number of hydrogen-bond acceptors (Lipinski definition) is 5. The first-order chi connectivity index (χ1) is 12.1. The molecule has 0 fully saturated rings. The van der Waals surface area contributed by atoms with Crippen molar-refractivity contribution in [3.8, 4) is 5.75 Å². The maximum atomic E-state index is 11.2. The van der Waals surface area contributed by atoms with Gasteiger partial charge in [0.25, 0.3) is 5.91 Å². The number of hydrogen-bond donors (Lipinski definition) is 3. The molecule has 1 aliphatic heterocycles. The van der Waals surface area contributed by atoms with Gasteiger partial charge >= 0.3 is 0 Å². The molecule has 0 bridgehead atoms. The van der Waals surface area contributed by atoms with Gasteiger partial charge in [-0.1, -0.05) is 12.1 Å². The van der Waals surface area contributed by atoms with Crippen molar-refractivity contribution in [2.45, 2.75) is 20.0 Å². The first kappa shape index (κ1) is 17.3. The molecule has 1 aromatic heterocycles. The van der Waals surface area contributed by atoms with Gasteiger partial charge in [-0.2, -0.15) is 5.10 Å². The van der Waals surface area contributed by atoms with Crippen LogP contribution in [0.3, 0.4) is 0 Å². The number of carbonyl (C=O) groups is 1. The minimum absolute atomic E-state index is 0.0345. The zero-order valence-electron chi connectivity index (χ0n) is 14.7. The summed E-state index contributed by atoms with van der Waals surface area (Å²) in [6.07, 6.45) is 0. The number of aryl methyl sites for hydroxylation is 1. The van der Waals surface area contributed by atoms with Gasteiger partial charge in [0, 0.05) is 45.2 Å². The molecule has 0 saturated heterocycles. The Morgan fingerprint density at radius 3 is 3.16 bits per heavy atom. The number of carbonyl (C=O) groups excluding carboxylic acids is 1. The highest BCUT2D eigenvalue weighted by molar-refractivity contribution is 5.77. The van der Waals surface area contributed by atoms with E-state index < -0.39 is 0 Å². The molecular weight excluding hydrogens is 318 g/mol. The lowest BCUT2D eigenvalue weighted by molar-refractivity contribution is -0.122. The van der Waals surface area contributed by atoms with Gasteiger partial charge in [0.15, 0.2) is 6.61 Å². The zero-order valence-corrected chi connectivity index (χ0v) is 14.7. The van der Waals surface area contributed by atoms with Gasteiger partial charge in [0.05, 0.1) is 5.69 Å². The molecule has 0 spiro atoms. The number of rotatable bonds is 7. The van der Waals surface area contributed by atoms with Crippen molar-refractivity contribution < 1.29 is 9.53 Å². The molecule has 3 rings (SSSR count). The van der Waals surface area contributed by atoms with Gasteiger partial charge in [0.1, 0.15) is 11.6 Å². The summed E-state index contributed by atoms with van der Waals surface area (Å²) in [6, 6.07) is 9.89. The minimum atomic E-state index is -0.137. The summed E-state index contributed by atoms with van der Waals surface area (Å²) in [5, 5.41) is 14.0. The Balaban J connectivity index is 1.45. The third-order valence-corrected chi connectivity index (χ3v) is 4.21. The molecule has 2 aromatic rings. The first-order valence-electron chi connectivity index (χ1n) is 8.55. The van der Waals surface area contributed by atoms with Gasteiger partial charge in [-0.05, 0) is 24.6 Å². The molecule has 1 amide bonds. The van der Waals surface area contributed by atoms with Crippen LogP contribution in [-0.4, -0.2) is 42.4 Å². The highest BCUT2D eigenvalue weighted by atomic mass is 16.5. The Bertz CT molecular complexity index is 728. The van der Waals surface area contributed by atoms with E-state index in [1.54, 1.807) is 7.05 Å². The Labute approximate surface area is 147 Å². The molecule has 134 valence electrons. The summed E-state index contributed by atoms with van der Waals surface area (Å²) in [6.45, 7) is 5.60. The smallest absolute Gasteiger partial charge is 0.257 e. The second kappa shape index (κ2) is 8.02. The van der Waals surface area contributed by atoms with E-state index in [0.29, 0.717) is 11.7 Å². The van der Waals surface area contributed by atoms with E-state index in [0.717, 1.165) is 43.3 Å². The van der Waals surface area contributed by atoms with E-state index >= 15 is 0 Å². The Morgan fingerprint density at radius 2 is 2.32 bits per heavy atom. The lowest BCUT2D eigenvalue weighted by Gasteiger charge is -2.25. The third kappa shape index (κ3) is 4.73. The minimum Gasteiger partial charge on any atom is -0.484 e. The number of aromatic nitrogens is 2. The number of nitrogens with zero attached hydrogens (tertiary/aromatic N) is 2. The van der Waals surface area contributed by atoms with Crippen LogP contribution in [0.2, 0.25) is 0 Å². The lowest BCUT2D eigenvalue weighted by atomic mass is 10.1. The van der Waals surface area contributed by atoms with Gasteiger partial charge in [-0.3, -0.25) is 4.79 Å². The van der Waals surface area contributed by atoms with E-state index in [9.17, 15) is 4.79 Å². The standard InChI is InChI=1S/C18H25N5O2/c1-13-6-17-21-10-15(11-23(17)22-13)9-20-8-14-4-3-5-16(7-14)25-12-18(24)19-2/h3-7,15,20-21H,8-12H2,1-2H3,(H,19,24)/t15-/m0/s1. The molecule has 0 saturated carbocycles. The molecule has 0 aliphatic carbocycles. The van der Waals surface area contributed by atoms with Crippen molar-refractivity contribution in [2.75, 3.05) is 32.1 Å². The topological polar surface area (TPSA) is 80.2 Å². The zero-order chi connectivity index (χ0) is 17.6. The lowest BCUT2D eigenvalue weighted by Crippen LogP contribution is -2.35. The normalized spacial score (nSPS) is 16.0. The Kier molecular flexibility index (Phi) is 5.55. The molecule has 0 radical (unpaired) electrons. The molecule has 1 aliphatic rings. The van der Waals surface area contributed by atoms with Crippen LogP contribution < -0.4 is 20.7 Å². The van der Waals surface area contributed by atoms with Crippen LogP contribution in [0, 0.1) is 12.8 Å². The highest BCUT2D eigenvalue weighted by Gasteiger charge is 2.18. The Hall–Kier alpha value is -2.54. The number of fused-ring (bicyclic) bond motifs is 1. The molecule has 1 aromatic carbocycles. The maximum absolute atomic E-state index is 11.2. The summed E-state index contributed by atoms with van der Waals surface area (Å²) < 4.78 is 7.52. The highest BCUT2D eigenvalue weighted by Crippen LogP contribution is 2.18. The van der Waals surface area contributed by atoms with Crippen LogP contribution in [0.5, 0.6) is 5.75 Å². The SMILES string of the molecule is CNC(=O)COc1cccc(CNC[C@H]2CNc3cc(C)nn3C2)c1. The predicted molar refractivity (Wildman–Crippen MR) is 96.7 cm³/mol. The maximum Gasteiger partial charge on any atom is 0.257 e. The number of anilines is 1. The fourth-order valence-electron chi connectivity index (χ4n) is 2.91. The summed E-state index contributed by atoms with van der Waals surface area (Å²) >= 11 is 0. The van der Waals surface area contributed by atoms with Crippen molar-refractivity contribution in [1.82, 2.24) is 20.4 Å². The second-order valence-electron chi connectivity index (χ2n) is 6.34. The number of likely N-dealkylation sites (N-methyl/N-ethyl adjacent to an activating group) is 1. The van der Waals surface area contributed by atoms with Gasteiger partial charge in [-0.15, -0.1) is 0 Å². The molecule has 1 atom stereocenters. The van der Waals surface area contributed by atoms with Gasteiger partial charge in [0.2, 0.25) is 0 Å². The van der Waals surface area contributed by atoms with E-state index in [1.165, 1.54) is 0 Å². The fourth-order valence-corrected chi connectivity index (χ4v) is 2.91.